The maximum Gasteiger partial charge on any atom is 0.393 e. The molecule has 0 radical (unpaired) electrons. The molecule has 8 aliphatic rings. The van der Waals surface area contributed by atoms with Crippen molar-refractivity contribution in [1.82, 2.24) is 60.0 Å². The Bertz CT molecular complexity index is 3050. The lowest BCUT2D eigenvalue weighted by molar-refractivity contribution is -0.182. The van der Waals surface area contributed by atoms with Crippen molar-refractivity contribution in [3.8, 4) is 0 Å². The monoisotopic (exact) mass is 1490 g/mol. The van der Waals surface area contributed by atoms with Gasteiger partial charge in [-0.05, 0) is 158 Å². The number of hydrogen-bond donors (Lipinski definition) is 3. The lowest BCUT2D eigenvalue weighted by atomic mass is 9.78. The zero-order valence-electron chi connectivity index (χ0n) is 63.0. The van der Waals surface area contributed by atoms with Crippen LogP contribution in [0.3, 0.4) is 0 Å². The molecule has 0 aromatic carbocycles. The van der Waals surface area contributed by atoms with Crippen molar-refractivity contribution >= 4 is 82.5 Å². The van der Waals surface area contributed by atoms with Crippen molar-refractivity contribution in [1.29, 1.82) is 0 Å². The zero-order chi connectivity index (χ0) is 76.2. The molecule has 4 saturated carbocycles. The van der Waals surface area contributed by atoms with E-state index in [2.05, 4.69) is 16.0 Å². The molecule has 30 heteroatoms. The van der Waals surface area contributed by atoms with Gasteiger partial charge in [0.1, 0.15) is 60.0 Å². The van der Waals surface area contributed by atoms with Gasteiger partial charge in [0.15, 0.2) is 0 Å². The zero-order valence-corrected chi connectivity index (χ0v) is 63.8. The molecule has 4 aliphatic heterocycles. The lowest BCUT2D eigenvalue weighted by Gasteiger charge is -2.42. The number of nitrogens with one attached hydrogen (secondary N) is 3. The van der Waals surface area contributed by atoms with Crippen molar-refractivity contribution in [3.05, 3.63) is 0 Å². The fraction of sp³-hybridized carbons (Fsp3) is 0.838. The first-order valence-electron chi connectivity index (χ1n) is 38.5. The maximum atomic E-state index is 15.7. The number of ether oxygens (including phenoxy) is 1. The summed E-state index contributed by atoms with van der Waals surface area (Å²) in [5.74, 6) is -11.2. The average Bonchev–Trinajstić information content (AvgIpc) is 1.46. The first-order valence-corrected chi connectivity index (χ1v) is 38.9. The van der Waals surface area contributed by atoms with Crippen LogP contribution in [-0.4, -0.2) is 281 Å². The van der Waals surface area contributed by atoms with Crippen molar-refractivity contribution in [2.24, 2.45) is 35.5 Å². The van der Waals surface area contributed by atoms with Gasteiger partial charge in [0.2, 0.25) is 70.9 Å². The molecule has 4 aliphatic carbocycles. The largest absolute Gasteiger partial charge is 0.393 e. The van der Waals surface area contributed by atoms with E-state index in [0.717, 1.165) is 17.7 Å². The number of rotatable bonds is 11. The second-order valence-corrected chi connectivity index (χ2v) is 32.4. The van der Waals surface area contributed by atoms with Crippen LogP contribution in [0.1, 0.15) is 195 Å². The van der Waals surface area contributed by atoms with Crippen molar-refractivity contribution in [3.63, 3.8) is 0 Å². The Morgan fingerprint density at radius 3 is 1.85 bits per heavy atom. The number of halogens is 5. The number of carbonyl (C=O) groups is 12. The van der Waals surface area contributed by atoms with Gasteiger partial charge in [-0.25, -0.2) is 4.39 Å². The van der Waals surface area contributed by atoms with Gasteiger partial charge in [-0.1, -0.05) is 59.8 Å². The highest BCUT2D eigenvalue weighted by atomic mass is 35.5. The van der Waals surface area contributed by atoms with Crippen LogP contribution in [-0.2, 0) is 62.3 Å². The number of nitrogens with zero attached hydrogens (tertiary/aromatic N) is 9. The molecule has 4 heterocycles. The second-order valence-electron chi connectivity index (χ2n) is 31.8. The van der Waals surface area contributed by atoms with E-state index in [1.165, 1.54) is 81.5 Å². The molecular weight excluding hydrogens is 1380 g/mol. The van der Waals surface area contributed by atoms with Crippen molar-refractivity contribution < 1.29 is 79.8 Å². The summed E-state index contributed by atoms with van der Waals surface area (Å²) >= 11 is 6.42. The number of alkyl halides is 5. The summed E-state index contributed by atoms with van der Waals surface area (Å²) < 4.78 is 62.5. The van der Waals surface area contributed by atoms with E-state index in [0.29, 0.717) is 64.2 Å². The molecule has 1 spiro atoms. The summed E-state index contributed by atoms with van der Waals surface area (Å²) in [7, 11) is 8.59. The molecule has 0 aromatic rings. The number of hydrogen-bond acceptors (Lipinski definition) is 13. The first kappa shape index (κ1) is 83.3. The third-order valence-corrected chi connectivity index (χ3v) is 24.7. The van der Waals surface area contributed by atoms with Gasteiger partial charge in [0.05, 0.1) is 38.6 Å². The molecule has 2 bridgehead atoms. The standard InChI is InChI=1S/C74H117ClF4N12O13/c1-11-46(4)62-70(101)84(6)44-61(94)85(7)55-21-14-17-33-91(69(55)100)58(41-48-23-27-50(76)28-24-48)67(98)83(5)43-59(92)80-53(30-26-47-25-29-51(52(75)40-47)74(77,78)79)66(97)90-34-18-22-54(90)65(96)82-73(31-15-16-32-73)72(103)88(10)63(49-19-12-13-20-49)71(102)87(9)57(68(99)89-35-37-104-38-36-89)42-60(93)86(8)56(39-45(2)3)64(95)81-62/h45-58,62-63H,11-44H2,1-10H3,(H,80,92)(H,81,95)(H,82,96)/t46-,47?,48?,50?,51?,52?,53-,54-,55-,56-,57-,58-,62-,63-/m0/s1. The third kappa shape index (κ3) is 20.2. The summed E-state index contributed by atoms with van der Waals surface area (Å²) in [6, 6.07) is -9.97. The van der Waals surface area contributed by atoms with Gasteiger partial charge in [0.25, 0.3) is 0 Å². The topological polar surface area (TPSA) is 279 Å². The highest BCUT2D eigenvalue weighted by Gasteiger charge is 2.53. The fourth-order valence-corrected chi connectivity index (χ4v) is 18.0. The number of morpholine rings is 1. The lowest BCUT2D eigenvalue weighted by Crippen LogP contribution is -2.65. The van der Waals surface area contributed by atoms with E-state index < -0.39 is 180 Å². The van der Waals surface area contributed by atoms with Gasteiger partial charge in [-0.15, -0.1) is 11.6 Å². The van der Waals surface area contributed by atoms with E-state index in [1.807, 2.05) is 20.8 Å². The predicted octanol–water partition coefficient (Wildman–Crippen LogP) is 5.81. The molecule has 8 rings (SSSR count). The van der Waals surface area contributed by atoms with Crippen LogP contribution in [0.5, 0.6) is 0 Å². The van der Waals surface area contributed by atoms with Crippen LogP contribution in [0.15, 0.2) is 0 Å². The summed E-state index contributed by atoms with van der Waals surface area (Å²) in [5.41, 5.74) is -1.58. The summed E-state index contributed by atoms with van der Waals surface area (Å²) in [6.07, 6.45) is 1.11. The molecule has 8 fully saturated rings. The quantitative estimate of drug-likeness (QED) is 0.163. The van der Waals surface area contributed by atoms with E-state index in [4.69, 9.17) is 16.3 Å². The van der Waals surface area contributed by atoms with Crippen LogP contribution in [0, 0.1) is 35.5 Å². The molecule has 104 heavy (non-hydrogen) atoms. The summed E-state index contributed by atoms with van der Waals surface area (Å²) in [4.78, 5) is 193. The summed E-state index contributed by atoms with van der Waals surface area (Å²) in [5, 5.41) is 7.60. The second kappa shape index (κ2) is 36.9. The van der Waals surface area contributed by atoms with Gasteiger partial charge in [0, 0.05) is 73.8 Å². The Labute approximate surface area is 616 Å². The Balaban J connectivity index is 1.18. The summed E-state index contributed by atoms with van der Waals surface area (Å²) in [6.45, 7) is 6.96. The average molecular weight is 1490 g/mol. The minimum Gasteiger partial charge on any atom is -0.378 e. The maximum absolute atomic E-state index is 15.7. The fourth-order valence-electron chi connectivity index (χ4n) is 17.5. The molecule has 0 aromatic heterocycles. The van der Waals surface area contributed by atoms with Gasteiger partial charge >= 0.3 is 6.18 Å². The minimum atomic E-state index is -4.53. The Morgan fingerprint density at radius 1 is 0.606 bits per heavy atom. The highest BCUT2D eigenvalue weighted by molar-refractivity contribution is 6.21. The molecule has 3 unspecified atom stereocenters. The molecule has 12 atom stereocenters. The normalized spacial score (nSPS) is 31.9. The van der Waals surface area contributed by atoms with E-state index in [-0.39, 0.29) is 141 Å². The van der Waals surface area contributed by atoms with Crippen LogP contribution < -0.4 is 16.0 Å². The van der Waals surface area contributed by atoms with Gasteiger partial charge < -0.3 is 64.8 Å². The van der Waals surface area contributed by atoms with Crippen molar-refractivity contribution in [2.45, 2.75) is 266 Å². The number of likely N-dealkylation sites (N-methyl/N-ethyl adjacent to an activating group) is 6. The van der Waals surface area contributed by atoms with E-state index in [9.17, 15) is 36.7 Å². The molecule has 12 amide bonds. The van der Waals surface area contributed by atoms with Crippen LogP contribution >= 0.6 is 11.6 Å². The molecule has 25 nitrogen and oxygen atoms in total. The SMILES string of the molecule is CC[C@H](C)[C@@H]1NC(=O)[C@H](CC(C)C)N(C)C(=O)C[C@@H](C(=O)N2CCOCC2)N(C)C(=O)[C@H](C2CCCC2)N(C)C(=O)C2(CCCC2)NC(=O)[C@@H]2CCCN2C(=O)[C@H](CCC2CCC(C(F)(F)F)C(Cl)C2)NC(=O)CN(C)C(=O)[C@H](CC2CCC(F)CC2)N2CCCC[C@@H](C2=O)N(C)C(=O)CN(C)C1=O. The number of fused-ring (bicyclic) bond motifs is 3. The molecule has 4 saturated heterocycles. The highest BCUT2D eigenvalue weighted by Crippen LogP contribution is 2.44. The molecule has 3 N–H and O–H groups in total. The van der Waals surface area contributed by atoms with E-state index >= 15 is 38.4 Å². The van der Waals surface area contributed by atoms with Gasteiger partial charge in [-0.2, -0.15) is 13.2 Å². The minimum absolute atomic E-state index is 0.0191. The smallest absolute Gasteiger partial charge is 0.378 e. The third-order valence-electron chi connectivity index (χ3n) is 24.2. The first-order chi connectivity index (χ1) is 49.2. The van der Waals surface area contributed by atoms with Crippen LogP contribution in [0.25, 0.3) is 0 Å². The molecule has 586 valence electrons. The van der Waals surface area contributed by atoms with Gasteiger partial charge in [-0.3, -0.25) is 57.5 Å². The Hall–Kier alpha value is -6.39. The van der Waals surface area contributed by atoms with Crippen LogP contribution in [0.4, 0.5) is 17.6 Å². The Morgan fingerprint density at radius 2 is 1.22 bits per heavy atom. The predicted molar refractivity (Wildman–Crippen MR) is 379 cm³/mol. The van der Waals surface area contributed by atoms with E-state index in [1.54, 1.807) is 6.92 Å². The van der Waals surface area contributed by atoms with Crippen molar-refractivity contribution in [2.75, 3.05) is 94.8 Å². The Kier molecular flexibility index (Phi) is 29.6. The number of amides is 12. The number of carbonyl (C=O) groups excluding carboxylic acids is 12. The van der Waals surface area contributed by atoms with Crippen LogP contribution in [0.2, 0.25) is 0 Å². The molecular formula is C74H117ClF4N12O13.